The predicted molar refractivity (Wildman–Crippen MR) is 119 cm³/mol. The Balaban J connectivity index is 0.000000791. The van der Waals surface area contributed by atoms with Crippen LogP contribution in [0.15, 0.2) is 65.7 Å². The molecule has 0 bridgehead atoms. The summed E-state index contributed by atoms with van der Waals surface area (Å²) < 4.78 is 0. The van der Waals surface area contributed by atoms with Crippen LogP contribution in [0.5, 0.6) is 0 Å². The van der Waals surface area contributed by atoms with E-state index in [0.29, 0.717) is 0 Å². The molecule has 1 aliphatic rings. The highest BCUT2D eigenvalue weighted by atomic mass is 32.2. The Kier molecular flexibility index (Phi) is 11.5. The lowest BCUT2D eigenvalue weighted by Crippen LogP contribution is -2.24. The Bertz CT molecular complexity index is 611. The molecule has 1 atom stereocenters. The number of hydrogen-bond donors (Lipinski definition) is 0. The molecule has 26 heavy (non-hydrogen) atoms. The molecule has 2 aromatic carbocycles. The van der Waals surface area contributed by atoms with Gasteiger partial charge < -0.3 is 4.90 Å². The first-order valence-electron chi connectivity index (χ1n) is 9.91. The third-order valence-corrected chi connectivity index (χ3v) is 4.98. The highest BCUT2D eigenvalue weighted by Gasteiger charge is 2.20. The zero-order valence-electron chi connectivity index (χ0n) is 17.0. The Morgan fingerprint density at radius 2 is 1.50 bits per heavy atom. The summed E-state index contributed by atoms with van der Waals surface area (Å²) in [6.07, 6.45) is 0.951. The Labute approximate surface area is 164 Å². The molecule has 142 valence electrons. The summed E-state index contributed by atoms with van der Waals surface area (Å²) in [7, 11) is 0. The van der Waals surface area contributed by atoms with Crippen LogP contribution in [0.1, 0.15) is 51.8 Å². The fraction of sp³-hybridized carbons (Fsp3) is 0.435. The summed E-state index contributed by atoms with van der Waals surface area (Å²) in [6.45, 7) is 12.4. The lowest BCUT2D eigenvalue weighted by Gasteiger charge is -2.19. The van der Waals surface area contributed by atoms with Crippen molar-refractivity contribution < 1.29 is 0 Å². The van der Waals surface area contributed by atoms with Crippen LogP contribution in [0.2, 0.25) is 0 Å². The van der Waals surface area contributed by atoms with Gasteiger partial charge in [0.25, 0.3) is 0 Å². The van der Waals surface area contributed by atoms with Crippen molar-refractivity contribution in [3.05, 3.63) is 71.8 Å². The van der Waals surface area contributed by atoms with Gasteiger partial charge in [-0.1, -0.05) is 100 Å². The van der Waals surface area contributed by atoms with Crippen molar-refractivity contribution in [2.45, 2.75) is 47.1 Å². The van der Waals surface area contributed by atoms with Crippen molar-refractivity contribution in [2.75, 3.05) is 18.8 Å². The Hall–Kier alpha value is -1.74. The van der Waals surface area contributed by atoms with Gasteiger partial charge in [-0.2, -0.15) is 0 Å². The van der Waals surface area contributed by atoms with Gasteiger partial charge >= 0.3 is 0 Å². The van der Waals surface area contributed by atoms with E-state index in [1.807, 2.05) is 39.5 Å². The fourth-order valence-corrected chi connectivity index (χ4v) is 3.83. The van der Waals surface area contributed by atoms with Gasteiger partial charge in [0.15, 0.2) is 5.17 Å². The zero-order valence-corrected chi connectivity index (χ0v) is 17.8. The highest BCUT2D eigenvalue weighted by Crippen LogP contribution is 2.27. The van der Waals surface area contributed by atoms with Gasteiger partial charge in [0.2, 0.25) is 0 Å². The van der Waals surface area contributed by atoms with Gasteiger partial charge in [-0.25, -0.2) is 0 Å². The SMILES string of the molecule is CC.CC.CCN1CCSC1=NC(Cc1ccccc1)c1ccccc1. The lowest BCUT2D eigenvalue weighted by molar-refractivity contribution is 0.483. The molecule has 1 heterocycles. The number of thioether (sulfide) groups is 1. The van der Waals surface area contributed by atoms with Crippen molar-refractivity contribution >= 4 is 16.9 Å². The van der Waals surface area contributed by atoms with Crippen LogP contribution in [0, 0.1) is 0 Å². The van der Waals surface area contributed by atoms with Crippen molar-refractivity contribution in [1.29, 1.82) is 0 Å². The molecule has 0 N–H and O–H groups in total. The van der Waals surface area contributed by atoms with Crippen LogP contribution < -0.4 is 0 Å². The smallest absolute Gasteiger partial charge is 0.159 e. The maximum Gasteiger partial charge on any atom is 0.159 e. The number of aliphatic imine (C=N–C) groups is 1. The van der Waals surface area contributed by atoms with Crippen LogP contribution in [0.25, 0.3) is 0 Å². The molecule has 0 saturated carbocycles. The second-order valence-corrected chi connectivity index (χ2v) is 6.52. The molecule has 0 amide bonds. The van der Waals surface area contributed by atoms with Crippen LogP contribution >= 0.6 is 11.8 Å². The van der Waals surface area contributed by atoms with Gasteiger partial charge in [-0.15, -0.1) is 0 Å². The van der Waals surface area contributed by atoms with Crippen LogP contribution in [0.3, 0.4) is 0 Å². The van der Waals surface area contributed by atoms with E-state index in [1.165, 1.54) is 16.3 Å². The number of rotatable bonds is 5. The van der Waals surface area contributed by atoms with E-state index >= 15 is 0 Å². The van der Waals surface area contributed by atoms with Gasteiger partial charge in [-0.05, 0) is 24.5 Å². The van der Waals surface area contributed by atoms with Gasteiger partial charge in [-0.3, -0.25) is 4.99 Å². The third-order valence-electron chi connectivity index (χ3n) is 3.97. The largest absolute Gasteiger partial charge is 0.351 e. The highest BCUT2D eigenvalue weighted by molar-refractivity contribution is 8.14. The summed E-state index contributed by atoms with van der Waals surface area (Å²) in [5.74, 6) is 1.15. The number of hydrogen-bond acceptors (Lipinski definition) is 2. The summed E-state index contributed by atoms with van der Waals surface area (Å²) >= 11 is 1.88. The maximum atomic E-state index is 5.10. The molecular weight excluding hydrogens is 336 g/mol. The molecule has 1 aliphatic heterocycles. The molecule has 0 spiro atoms. The minimum Gasteiger partial charge on any atom is -0.351 e. The number of amidine groups is 1. The van der Waals surface area contributed by atoms with Crippen LogP contribution in [0.4, 0.5) is 0 Å². The van der Waals surface area contributed by atoms with E-state index in [2.05, 4.69) is 72.5 Å². The first kappa shape index (κ1) is 22.3. The maximum absolute atomic E-state index is 5.10. The van der Waals surface area contributed by atoms with Crippen molar-refractivity contribution in [2.24, 2.45) is 4.99 Å². The minimum atomic E-state index is 0.193. The molecular formula is C23H34N2S. The summed E-state index contributed by atoms with van der Waals surface area (Å²) in [4.78, 5) is 7.48. The minimum absolute atomic E-state index is 0.193. The van der Waals surface area contributed by atoms with Gasteiger partial charge in [0.05, 0.1) is 6.04 Å². The lowest BCUT2D eigenvalue weighted by atomic mass is 9.99. The van der Waals surface area contributed by atoms with Crippen LogP contribution in [-0.4, -0.2) is 28.9 Å². The first-order valence-corrected chi connectivity index (χ1v) is 10.9. The molecule has 0 aliphatic carbocycles. The summed E-state index contributed by atoms with van der Waals surface area (Å²) in [5.41, 5.74) is 2.63. The van der Waals surface area contributed by atoms with E-state index < -0.39 is 0 Å². The molecule has 1 fully saturated rings. The second kappa shape index (κ2) is 13.5. The van der Waals surface area contributed by atoms with Gasteiger partial charge in [0.1, 0.15) is 0 Å². The van der Waals surface area contributed by atoms with Crippen molar-refractivity contribution in [1.82, 2.24) is 4.90 Å². The molecule has 1 unspecified atom stereocenters. The zero-order chi connectivity index (χ0) is 19.2. The van der Waals surface area contributed by atoms with E-state index in [1.54, 1.807) is 0 Å². The normalized spacial score (nSPS) is 15.6. The number of nitrogens with zero attached hydrogens (tertiary/aromatic N) is 2. The predicted octanol–water partition coefficient (Wildman–Crippen LogP) is 6.45. The molecule has 2 nitrogen and oxygen atoms in total. The van der Waals surface area contributed by atoms with Crippen LogP contribution in [-0.2, 0) is 6.42 Å². The Morgan fingerprint density at radius 3 is 2.08 bits per heavy atom. The fourth-order valence-electron chi connectivity index (χ4n) is 2.73. The molecule has 2 aromatic rings. The average molecular weight is 371 g/mol. The molecule has 0 radical (unpaired) electrons. The van der Waals surface area contributed by atoms with E-state index in [4.69, 9.17) is 4.99 Å². The van der Waals surface area contributed by atoms with Crippen molar-refractivity contribution in [3.8, 4) is 0 Å². The third kappa shape index (κ3) is 6.87. The Morgan fingerprint density at radius 1 is 0.923 bits per heavy atom. The standard InChI is InChI=1S/C19H22N2S.2C2H6/c1-2-21-13-14-22-19(21)20-18(17-11-7-4-8-12-17)15-16-9-5-3-6-10-16;2*1-2/h3-12,18H,2,13-15H2,1H3;2*1-2H3. The number of benzene rings is 2. The second-order valence-electron chi connectivity index (χ2n) is 5.46. The van der Waals surface area contributed by atoms with E-state index in [9.17, 15) is 0 Å². The van der Waals surface area contributed by atoms with Gasteiger partial charge in [0, 0.05) is 18.8 Å². The summed E-state index contributed by atoms with van der Waals surface area (Å²) in [5, 5.41) is 1.20. The molecule has 3 rings (SSSR count). The quantitative estimate of drug-likeness (QED) is 0.601. The summed E-state index contributed by atoms with van der Waals surface area (Å²) in [6, 6.07) is 21.5. The molecule has 1 saturated heterocycles. The van der Waals surface area contributed by atoms with Crippen molar-refractivity contribution in [3.63, 3.8) is 0 Å². The molecule has 0 aromatic heterocycles. The first-order chi connectivity index (χ1) is 12.9. The van der Waals surface area contributed by atoms with E-state index in [-0.39, 0.29) is 6.04 Å². The topological polar surface area (TPSA) is 15.6 Å². The monoisotopic (exact) mass is 370 g/mol. The average Bonchev–Trinajstić information content (AvgIpc) is 3.19. The molecule has 3 heteroatoms. The van der Waals surface area contributed by atoms with E-state index in [0.717, 1.165) is 25.3 Å².